The van der Waals surface area contributed by atoms with E-state index in [0.29, 0.717) is 17.4 Å². The number of alkyl halides is 3. The van der Waals surface area contributed by atoms with E-state index in [2.05, 4.69) is 6.92 Å². The highest BCUT2D eigenvalue weighted by Gasteiger charge is 2.30. The average Bonchev–Trinajstić information content (AvgIpc) is 2.37. The normalized spacial score (nSPS) is 13.5. The second-order valence-corrected chi connectivity index (χ2v) is 6.61. The van der Waals surface area contributed by atoms with Crippen LogP contribution in [-0.4, -0.2) is 23.8 Å². The van der Waals surface area contributed by atoms with Crippen molar-refractivity contribution in [1.29, 1.82) is 0 Å². The van der Waals surface area contributed by atoms with E-state index in [-0.39, 0.29) is 0 Å². The standard InChI is InChI=1S/C13H18F3NS2/c1-10(8-17)9-18-5-6-19-12-4-2-3-11(7-12)13(14,15)16/h2-4,7,10H,5-6,8-9,17H2,1H3. The van der Waals surface area contributed by atoms with Crippen molar-refractivity contribution in [2.45, 2.75) is 18.0 Å². The molecule has 108 valence electrons. The number of nitrogens with two attached hydrogens (primary N) is 1. The van der Waals surface area contributed by atoms with Crippen molar-refractivity contribution in [2.24, 2.45) is 11.7 Å². The predicted molar refractivity (Wildman–Crippen MR) is 77.7 cm³/mol. The van der Waals surface area contributed by atoms with Gasteiger partial charge in [-0.3, -0.25) is 0 Å². The summed E-state index contributed by atoms with van der Waals surface area (Å²) < 4.78 is 37.5. The summed E-state index contributed by atoms with van der Waals surface area (Å²) in [6.45, 7) is 2.76. The number of thioether (sulfide) groups is 2. The van der Waals surface area contributed by atoms with Gasteiger partial charge in [-0.15, -0.1) is 11.8 Å². The van der Waals surface area contributed by atoms with Gasteiger partial charge in [0.15, 0.2) is 0 Å². The molecule has 0 bridgehead atoms. The minimum Gasteiger partial charge on any atom is -0.330 e. The quantitative estimate of drug-likeness (QED) is 0.606. The summed E-state index contributed by atoms with van der Waals surface area (Å²) in [6.07, 6.45) is -4.26. The summed E-state index contributed by atoms with van der Waals surface area (Å²) >= 11 is 3.25. The summed E-state index contributed by atoms with van der Waals surface area (Å²) in [5, 5.41) is 0. The molecule has 2 N–H and O–H groups in total. The van der Waals surface area contributed by atoms with Crippen LogP contribution in [0.5, 0.6) is 0 Å². The van der Waals surface area contributed by atoms with Crippen molar-refractivity contribution in [1.82, 2.24) is 0 Å². The van der Waals surface area contributed by atoms with E-state index in [1.165, 1.54) is 23.9 Å². The first-order chi connectivity index (χ1) is 8.93. The monoisotopic (exact) mass is 309 g/mol. The molecule has 1 aromatic rings. The molecule has 0 aromatic heterocycles. The SMILES string of the molecule is CC(CN)CSCCSc1cccc(C(F)(F)F)c1. The zero-order chi connectivity index (χ0) is 14.3. The number of halogens is 3. The van der Waals surface area contributed by atoms with Crippen LogP contribution in [0.1, 0.15) is 12.5 Å². The van der Waals surface area contributed by atoms with Crippen LogP contribution in [0.2, 0.25) is 0 Å². The Morgan fingerprint density at radius 3 is 2.63 bits per heavy atom. The first-order valence-electron chi connectivity index (χ1n) is 6.01. The Morgan fingerprint density at radius 2 is 2.00 bits per heavy atom. The van der Waals surface area contributed by atoms with Crippen LogP contribution < -0.4 is 5.73 Å². The van der Waals surface area contributed by atoms with Gasteiger partial charge in [-0.05, 0) is 36.4 Å². The van der Waals surface area contributed by atoms with Gasteiger partial charge >= 0.3 is 6.18 Å². The molecule has 19 heavy (non-hydrogen) atoms. The summed E-state index contributed by atoms with van der Waals surface area (Å²) in [7, 11) is 0. The van der Waals surface area contributed by atoms with Crippen molar-refractivity contribution < 1.29 is 13.2 Å². The maximum absolute atomic E-state index is 12.5. The zero-order valence-electron chi connectivity index (χ0n) is 10.7. The lowest BCUT2D eigenvalue weighted by Gasteiger charge is -2.09. The Labute approximate surface area is 120 Å². The highest BCUT2D eigenvalue weighted by molar-refractivity contribution is 8.02. The largest absolute Gasteiger partial charge is 0.416 e. The molecule has 0 aliphatic heterocycles. The van der Waals surface area contributed by atoms with E-state index in [1.807, 2.05) is 0 Å². The van der Waals surface area contributed by atoms with Crippen LogP contribution in [0.4, 0.5) is 13.2 Å². The van der Waals surface area contributed by atoms with Crippen LogP contribution in [0.15, 0.2) is 29.2 Å². The highest BCUT2D eigenvalue weighted by Crippen LogP contribution is 2.32. The number of benzene rings is 1. The smallest absolute Gasteiger partial charge is 0.330 e. The second kappa shape index (κ2) is 8.07. The molecule has 1 nitrogen and oxygen atoms in total. The molecule has 0 aliphatic rings. The van der Waals surface area contributed by atoms with E-state index in [0.717, 1.165) is 23.3 Å². The summed E-state index contributed by atoms with van der Waals surface area (Å²) in [5.74, 6) is 3.22. The van der Waals surface area contributed by atoms with Crippen LogP contribution in [0.25, 0.3) is 0 Å². The van der Waals surface area contributed by atoms with Gasteiger partial charge in [0.25, 0.3) is 0 Å². The van der Waals surface area contributed by atoms with Crippen molar-refractivity contribution >= 4 is 23.5 Å². The van der Waals surface area contributed by atoms with Crippen molar-refractivity contribution in [3.05, 3.63) is 29.8 Å². The van der Waals surface area contributed by atoms with Gasteiger partial charge < -0.3 is 5.73 Å². The van der Waals surface area contributed by atoms with Crippen molar-refractivity contribution in [3.63, 3.8) is 0 Å². The Morgan fingerprint density at radius 1 is 1.26 bits per heavy atom. The Kier molecular flexibility index (Phi) is 7.10. The molecular formula is C13H18F3NS2. The maximum atomic E-state index is 12.5. The van der Waals surface area contributed by atoms with Gasteiger partial charge in [-0.1, -0.05) is 13.0 Å². The molecule has 0 fully saturated rings. The summed E-state index contributed by atoms with van der Waals surface area (Å²) in [6, 6.07) is 5.47. The average molecular weight is 309 g/mol. The second-order valence-electron chi connectivity index (χ2n) is 4.29. The van der Waals surface area contributed by atoms with E-state index in [4.69, 9.17) is 5.73 Å². The Hall–Kier alpha value is -0.330. The minimum absolute atomic E-state index is 0.489. The van der Waals surface area contributed by atoms with Gasteiger partial charge in [0.05, 0.1) is 5.56 Å². The van der Waals surface area contributed by atoms with Crippen molar-refractivity contribution in [3.8, 4) is 0 Å². The molecule has 1 rings (SSSR count). The Bertz CT molecular complexity index is 382. The third-order valence-electron chi connectivity index (χ3n) is 2.46. The fraction of sp³-hybridized carbons (Fsp3) is 0.538. The first-order valence-corrected chi connectivity index (χ1v) is 8.15. The lowest BCUT2D eigenvalue weighted by Crippen LogP contribution is -2.13. The van der Waals surface area contributed by atoms with E-state index in [9.17, 15) is 13.2 Å². The van der Waals surface area contributed by atoms with E-state index < -0.39 is 11.7 Å². The topological polar surface area (TPSA) is 26.0 Å². The summed E-state index contributed by atoms with van der Waals surface area (Å²) in [5.41, 5.74) is 4.93. The van der Waals surface area contributed by atoms with Crippen LogP contribution in [-0.2, 0) is 6.18 Å². The molecule has 6 heteroatoms. The predicted octanol–water partition coefficient (Wildman–Crippen LogP) is 4.13. The van der Waals surface area contributed by atoms with E-state index >= 15 is 0 Å². The number of rotatable bonds is 7. The molecule has 0 heterocycles. The fourth-order valence-corrected chi connectivity index (χ4v) is 3.46. The van der Waals surface area contributed by atoms with Gasteiger partial charge in [0, 0.05) is 16.4 Å². The number of hydrogen-bond donors (Lipinski definition) is 1. The molecule has 0 aliphatic carbocycles. The molecule has 0 saturated heterocycles. The lowest BCUT2D eigenvalue weighted by molar-refractivity contribution is -0.137. The summed E-state index contributed by atoms with van der Waals surface area (Å²) in [4.78, 5) is 0.669. The van der Waals surface area contributed by atoms with Gasteiger partial charge in [0.1, 0.15) is 0 Å². The molecule has 1 unspecified atom stereocenters. The molecule has 1 aromatic carbocycles. The minimum atomic E-state index is -4.26. The maximum Gasteiger partial charge on any atom is 0.416 e. The van der Waals surface area contributed by atoms with Crippen molar-refractivity contribution in [2.75, 3.05) is 23.8 Å². The van der Waals surface area contributed by atoms with Crippen LogP contribution >= 0.6 is 23.5 Å². The van der Waals surface area contributed by atoms with Gasteiger partial charge in [0.2, 0.25) is 0 Å². The van der Waals surface area contributed by atoms with E-state index in [1.54, 1.807) is 17.8 Å². The zero-order valence-corrected chi connectivity index (χ0v) is 12.4. The molecule has 0 saturated carbocycles. The molecular weight excluding hydrogens is 291 g/mol. The van der Waals surface area contributed by atoms with Crippen LogP contribution in [0, 0.1) is 5.92 Å². The first kappa shape index (κ1) is 16.7. The molecule has 1 atom stereocenters. The number of hydrogen-bond acceptors (Lipinski definition) is 3. The third-order valence-corrected chi connectivity index (χ3v) is 5.01. The van der Waals surface area contributed by atoms with Crippen LogP contribution in [0.3, 0.4) is 0 Å². The van der Waals surface area contributed by atoms with Gasteiger partial charge in [-0.25, -0.2) is 0 Å². The fourth-order valence-electron chi connectivity index (χ4n) is 1.33. The van der Waals surface area contributed by atoms with Gasteiger partial charge in [-0.2, -0.15) is 24.9 Å². The highest BCUT2D eigenvalue weighted by atomic mass is 32.2. The molecule has 0 amide bonds. The Balaban J connectivity index is 2.34. The molecule has 0 radical (unpaired) electrons. The third kappa shape index (κ3) is 6.58. The molecule has 0 spiro atoms. The lowest BCUT2D eigenvalue weighted by atomic mass is 10.2.